The molecule has 22 heavy (non-hydrogen) atoms. The quantitative estimate of drug-likeness (QED) is 0.785. The van der Waals surface area contributed by atoms with Gasteiger partial charge in [0, 0.05) is 32.4 Å². The summed E-state index contributed by atoms with van der Waals surface area (Å²) in [5, 5.41) is 0. The van der Waals surface area contributed by atoms with Crippen LogP contribution >= 0.6 is 0 Å². The molecule has 1 fully saturated rings. The minimum Gasteiger partial charge on any atom is -0.444 e. The lowest BCUT2D eigenvalue weighted by atomic mass is 10.2. The number of aliphatic imine (C=N–C) groups is 1. The fourth-order valence-corrected chi connectivity index (χ4v) is 2.58. The fraction of sp³-hybridized carbons (Fsp3) is 0.600. The highest BCUT2D eigenvalue weighted by atomic mass is 16.6. The molecule has 7 nitrogen and oxygen atoms in total. The molecule has 0 radical (unpaired) electrons. The van der Waals surface area contributed by atoms with Crippen molar-refractivity contribution in [1.29, 1.82) is 0 Å². The minimum atomic E-state index is -0.460. The standard InChI is InChI=1S/C15H21N5O2/c1-15(2,3)22-14(21)20-6-4-19(5-7-20)13-11-8-16-9-12(11)17-10-18-13/h8,10H,4-7,9H2,1-3H3. The molecule has 1 amide bonds. The number of nitrogens with zero attached hydrogens (tertiary/aromatic N) is 5. The van der Waals surface area contributed by atoms with Gasteiger partial charge in [-0.15, -0.1) is 0 Å². The predicted molar refractivity (Wildman–Crippen MR) is 83.4 cm³/mol. The van der Waals surface area contributed by atoms with Crippen molar-refractivity contribution >= 4 is 18.1 Å². The Kier molecular flexibility index (Phi) is 3.72. The molecule has 7 heteroatoms. The lowest BCUT2D eigenvalue weighted by Crippen LogP contribution is -2.50. The molecule has 1 aromatic heterocycles. The summed E-state index contributed by atoms with van der Waals surface area (Å²) in [6, 6.07) is 0. The first-order valence-corrected chi connectivity index (χ1v) is 7.50. The number of piperazine rings is 1. The van der Waals surface area contributed by atoms with Gasteiger partial charge in [-0.05, 0) is 20.8 Å². The highest BCUT2D eigenvalue weighted by Crippen LogP contribution is 2.23. The zero-order valence-electron chi connectivity index (χ0n) is 13.2. The van der Waals surface area contributed by atoms with E-state index in [0.717, 1.165) is 30.2 Å². The summed E-state index contributed by atoms with van der Waals surface area (Å²) in [5.41, 5.74) is 1.52. The van der Waals surface area contributed by atoms with Gasteiger partial charge in [0.15, 0.2) is 0 Å². The van der Waals surface area contributed by atoms with E-state index < -0.39 is 5.60 Å². The lowest BCUT2D eigenvalue weighted by molar-refractivity contribution is 0.0240. The van der Waals surface area contributed by atoms with Crippen LogP contribution in [0.2, 0.25) is 0 Å². The Morgan fingerprint density at radius 1 is 1.18 bits per heavy atom. The number of rotatable bonds is 1. The van der Waals surface area contributed by atoms with Crippen molar-refractivity contribution in [1.82, 2.24) is 14.9 Å². The summed E-state index contributed by atoms with van der Waals surface area (Å²) in [6.07, 6.45) is 3.18. The molecule has 0 unspecified atom stereocenters. The average molecular weight is 303 g/mol. The molecule has 0 aromatic carbocycles. The normalized spacial score (nSPS) is 17.6. The predicted octanol–water partition coefficient (Wildman–Crippen LogP) is 1.47. The van der Waals surface area contributed by atoms with Crippen LogP contribution in [-0.2, 0) is 11.3 Å². The molecule has 2 aliphatic heterocycles. The van der Waals surface area contributed by atoms with Crippen LogP contribution in [0.5, 0.6) is 0 Å². The number of hydrogen-bond acceptors (Lipinski definition) is 6. The van der Waals surface area contributed by atoms with Gasteiger partial charge < -0.3 is 14.5 Å². The van der Waals surface area contributed by atoms with Crippen LogP contribution in [0, 0.1) is 0 Å². The molecule has 0 atom stereocenters. The number of fused-ring (bicyclic) bond motifs is 1. The Labute approximate surface area is 130 Å². The molecule has 3 rings (SSSR count). The van der Waals surface area contributed by atoms with Gasteiger partial charge in [0.1, 0.15) is 17.7 Å². The summed E-state index contributed by atoms with van der Waals surface area (Å²) < 4.78 is 5.41. The van der Waals surface area contributed by atoms with Gasteiger partial charge in [-0.25, -0.2) is 14.8 Å². The Balaban J connectivity index is 1.64. The maximum atomic E-state index is 12.1. The second kappa shape index (κ2) is 5.55. The monoisotopic (exact) mass is 303 g/mol. The van der Waals surface area contributed by atoms with E-state index >= 15 is 0 Å². The van der Waals surface area contributed by atoms with E-state index in [9.17, 15) is 4.79 Å². The first kappa shape index (κ1) is 14.7. The molecule has 1 saturated heterocycles. The number of ether oxygens (including phenoxy) is 1. The first-order valence-electron chi connectivity index (χ1n) is 7.50. The van der Waals surface area contributed by atoms with Crippen LogP contribution in [0.1, 0.15) is 32.0 Å². The number of amides is 1. The van der Waals surface area contributed by atoms with E-state index in [0.29, 0.717) is 19.6 Å². The van der Waals surface area contributed by atoms with Crippen LogP contribution in [0.25, 0.3) is 0 Å². The third-order valence-corrected chi connectivity index (χ3v) is 3.64. The van der Waals surface area contributed by atoms with E-state index in [1.807, 2.05) is 27.0 Å². The number of hydrogen-bond donors (Lipinski definition) is 0. The highest BCUT2D eigenvalue weighted by molar-refractivity contribution is 5.90. The second-order valence-electron chi connectivity index (χ2n) is 6.48. The maximum Gasteiger partial charge on any atom is 0.410 e. The number of aromatic nitrogens is 2. The van der Waals surface area contributed by atoms with Crippen molar-refractivity contribution in [2.24, 2.45) is 4.99 Å². The van der Waals surface area contributed by atoms with Gasteiger partial charge in [0.25, 0.3) is 0 Å². The third kappa shape index (κ3) is 3.03. The maximum absolute atomic E-state index is 12.1. The van der Waals surface area contributed by atoms with Crippen LogP contribution in [0.4, 0.5) is 10.6 Å². The third-order valence-electron chi connectivity index (χ3n) is 3.64. The Morgan fingerprint density at radius 2 is 1.91 bits per heavy atom. The topological polar surface area (TPSA) is 70.9 Å². The molecular formula is C15H21N5O2. The molecular weight excluding hydrogens is 282 g/mol. The number of anilines is 1. The van der Waals surface area contributed by atoms with E-state index in [2.05, 4.69) is 19.9 Å². The zero-order valence-corrected chi connectivity index (χ0v) is 13.2. The van der Waals surface area contributed by atoms with Crippen molar-refractivity contribution in [3.63, 3.8) is 0 Å². The van der Waals surface area contributed by atoms with Gasteiger partial charge in [-0.3, -0.25) is 4.99 Å². The summed E-state index contributed by atoms with van der Waals surface area (Å²) in [7, 11) is 0. The van der Waals surface area contributed by atoms with Crippen LogP contribution < -0.4 is 4.90 Å². The lowest BCUT2D eigenvalue weighted by Gasteiger charge is -2.36. The average Bonchev–Trinajstić information content (AvgIpc) is 2.94. The van der Waals surface area contributed by atoms with E-state index in [4.69, 9.17) is 4.74 Å². The first-order chi connectivity index (χ1) is 10.4. The molecule has 1 aromatic rings. The summed E-state index contributed by atoms with van der Waals surface area (Å²) in [5.74, 6) is 0.912. The largest absolute Gasteiger partial charge is 0.444 e. The smallest absolute Gasteiger partial charge is 0.410 e. The van der Waals surface area contributed by atoms with Crippen molar-refractivity contribution in [2.75, 3.05) is 31.1 Å². The SMILES string of the molecule is CC(C)(C)OC(=O)N1CCN(c2ncnc3c2C=NC3)CC1. The molecule has 3 heterocycles. The molecule has 0 aliphatic carbocycles. The molecule has 2 aliphatic rings. The van der Waals surface area contributed by atoms with Crippen LogP contribution in [0.15, 0.2) is 11.3 Å². The number of carbonyl (C=O) groups excluding carboxylic acids is 1. The van der Waals surface area contributed by atoms with E-state index in [-0.39, 0.29) is 6.09 Å². The van der Waals surface area contributed by atoms with E-state index in [1.54, 1.807) is 11.2 Å². The highest BCUT2D eigenvalue weighted by Gasteiger charge is 2.28. The second-order valence-corrected chi connectivity index (χ2v) is 6.48. The van der Waals surface area contributed by atoms with E-state index in [1.165, 1.54) is 0 Å². The molecule has 0 spiro atoms. The van der Waals surface area contributed by atoms with Crippen molar-refractivity contribution < 1.29 is 9.53 Å². The van der Waals surface area contributed by atoms with Crippen molar-refractivity contribution in [2.45, 2.75) is 32.9 Å². The summed E-state index contributed by atoms with van der Waals surface area (Å²) in [4.78, 5) is 28.9. The molecule has 118 valence electrons. The van der Waals surface area contributed by atoms with Gasteiger partial charge in [0.2, 0.25) is 0 Å². The van der Waals surface area contributed by atoms with Crippen LogP contribution in [0.3, 0.4) is 0 Å². The van der Waals surface area contributed by atoms with Crippen molar-refractivity contribution in [3.05, 3.63) is 17.6 Å². The molecule has 0 N–H and O–H groups in total. The Morgan fingerprint density at radius 3 is 2.59 bits per heavy atom. The minimum absolute atomic E-state index is 0.248. The van der Waals surface area contributed by atoms with Crippen LogP contribution in [-0.4, -0.2) is 59.0 Å². The fourth-order valence-electron chi connectivity index (χ4n) is 2.58. The summed E-state index contributed by atoms with van der Waals surface area (Å²) in [6.45, 7) is 8.99. The van der Waals surface area contributed by atoms with Gasteiger partial charge in [-0.2, -0.15) is 0 Å². The summed E-state index contributed by atoms with van der Waals surface area (Å²) >= 11 is 0. The zero-order chi connectivity index (χ0) is 15.7. The van der Waals surface area contributed by atoms with Gasteiger partial charge in [-0.1, -0.05) is 0 Å². The molecule has 0 saturated carbocycles. The Bertz CT molecular complexity index is 600. The number of carbonyl (C=O) groups is 1. The van der Waals surface area contributed by atoms with Gasteiger partial charge >= 0.3 is 6.09 Å². The van der Waals surface area contributed by atoms with Crippen molar-refractivity contribution in [3.8, 4) is 0 Å². The Hall–Kier alpha value is -2.18. The molecule has 0 bridgehead atoms. The van der Waals surface area contributed by atoms with Gasteiger partial charge in [0.05, 0.1) is 17.8 Å².